The molecule has 0 atom stereocenters. The lowest BCUT2D eigenvalue weighted by Gasteiger charge is -2.13. The monoisotopic (exact) mass is 218 g/mol. The summed E-state index contributed by atoms with van der Waals surface area (Å²) in [6.45, 7) is 10.1. The third kappa shape index (κ3) is 22.4. The predicted molar refractivity (Wildman–Crippen MR) is 62.9 cm³/mol. The Morgan fingerprint density at radius 1 is 0.833 bits per heavy atom. The van der Waals surface area contributed by atoms with Crippen LogP contribution in [0.1, 0.15) is 20.8 Å². The zero-order chi connectivity index (χ0) is 8.41. The second-order valence-corrected chi connectivity index (χ2v) is 2.12. The van der Waals surface area contributed by atoms with Crippen molar-refractivity contribution < 1.29 is 0 Å². The van der Waals surface area contributed by atoms with Gasteiger partial charge in [0.05, 0.1) is 0 Å². The Labute approximate surface area is 89.9 Å². The lowest BCUT2D eigenvalue weighted by Crippen LogP contribution is -2.21. The minimum Gasteiger partial charge on any atom is -0.323 e. The van der Waals surface area contributed by atoms with E-state index < -0.39 is 0 Å². The van der Waals surface area contributed by atoms with Crippen LogP contribution in [-0.2, 0) is 0 Å². The molecular weight excluding hydrogens is 195 g/mol. The van der Waals surface area contributed by atoms with E-state index in [0.29, 0.717) is 0 Å². The topological polar surface area (TPSA) is 15.3 Å². The molecule has 0 aliphatic carbocycles. The molecule has 0 aromatic carbocycles. The van der Waals surface area contributed by atoms with Crippen LogP contribution >= 0.6 is 24.8 Å². The SMILES string of the molecule is CCN(CC)CC.CNC.Cl.Cl. The van der Waals surface area contributed by atoms with Gasteiger partial charge in [-0.2, -0.15) is 0 Å². The van der Waals surface area contributed by atoms with Gasteiger partial charge in [-0.1, -0.05) is 20.8 Å². The van der Waals surface area contributed by atoms with E-state index in [1.807, 2.05) is 14.1 Å². The van der Waals surface area contributed by atoms with Crippen molar-refractivity contribution in [3.8, 4) is 0 Å². The van der Waals surface area contributed by atoms with Crippen molar-refractivity contribution in [1.82, 2.24) is 10.2 Å². The number of halogens is 2. The largest absolute Gasteiger partial charge is 0.323 e. The molecule has 0 aromatic heterocycles. The van der Waals surface area contributed by atoms with Gasteiger partial charge in [0.1, 0.15) is 0 Å². The van der Waals surface area contributed by atoms with Crippen molar-refractivity contribution >= 4 is 24.8 Å². The summed E-state index contributed by atoms with van der Waals surface area (Å²) >= 11 is 0. The molecule has 0 rings (SSSR count). The van der Waals surface area contributed by atoms with E-state index in [1.165, 1.54) is 19.6 Å². The molecule has 0 radical (unpaired) electrons. The van der Waals surface area contributed by atoms with E-state index in [4.69, 9.17) is 0 Å². The fraction of sp³-hybridized carbons (Fsp3) is 1.00. The highest BCUT2D eigenvalue weighted by molar-refractivity contribution is 5.85. The first-order valence-electron chi connectivity index (χ1n) is 4.07. The zero-order valence-corrected chi connectivity index (χ0v) is 10.5. The van der Waals surface area contributed by atoms with E-state index >= 15 is 0 Å². The number of hydrogen-bond donors (Lipinski definition) is 1. The molecule has 80 valence electrons. The lowest BCUT2D eigenvalue weighted by atomic mass is 10.5. The molecule has 0 saturated heterocycles. The van der Waals surface area contributed by atoms with Gasteiger partial charge in [0.2, 0.25) is 0 Å². The summed E-state index contributed by atoms with van der Waals surface area (Å²) < 4.78 is 0. The molecular formula is C8H24Cl2N2. The van der Waals surface area contributed by atoms with Gasteiger partial charge in [0.25, 0.3) is 0 Å². The molecule has 0 amide bonds. The Balaban J connectivity index is -0.0000000569. The normalized spacial score (nSPS) is 7.50. The van der Waals surface area contributed by atoms with Crippen LogP contribution in [0.5, 0.6) is 0 Å². The van der Waals surface area contributed by atoms with Gasteiger partial charge >= 0.3 is 0 Å². The Hall–Kier alpha value is 0.500. The molecule has 0 saturated carbocycles. The number of rotatable bonds is 3. The maximum absolute atomic E-state index is 2.75. The molecule has 0 bridgehead atoms. The average Bonchev–Trinajstić information content (AvgIpc) is 1.93. The molecule has 0 aliphatic heterocycles. The standard InChI is InChI=1S/C6H15N.C2H7N.2ClH/c1-4-7(5-2)6-3;1-3-2;;/h4-6H2,1-3H3;3H,1-2H3;2*1H. The van der Waals surface area contributed by atoms with Gasteiger partial charge in [-0.05, 0) is 33.7 Å². The van der Waals surface area contributed by atoms with Gasteiger partial charge < -0.3 is 10.2 Å². The number of nitrogens with zero attached hydrogens (tertiary/aromatic N) is 1. The van der Waals surface area contributed by atoms with E-state index in [2.05, 4.69) is 31.0 Å². The molecule has 0 fully saturated rings. The van der Waals surface area contributed by atoms with Crippen LogP contribution in [0.2, 0.25) is 0 Å². The van der Waals surface area contributed by atoms with Crippen molar-refractivity contribution in [1.29, 1.82) is 0 Å². The van der Waals surface area contributed by atoms with Crippen molar-refractivity contribution in [3.63, 3.8) is 0 Å². The van der Waals surface area contributed by atoms with E-state index in [0.717, 1.165) is 0 Å². The third-order valence-electron chi connectivity index (χ3n) is 1.34. The van der Waals surface area contributed by atoms with Crippen LogP contribution in [0.15, 0.2) is 0 Å². The van der Waals surface area contributed by atoms with Gasteiger partial charge in [-0.15, -0.1) is 24.8 Å². The first-order valence-corrected chi connectivity index (χ1v) is 4.07. The summed E-state index contributed by atoms with van der Waals surface area (Å²) in [4.78, 5) is 2.38. The highest BCUT2D eigenvalue weighted by Gasteiger charge is 1.89. The van der Waals surface area contributed by atoms with Crippen molar-refractivity contribution in [2.45, 2.75) is 20.8 Å². The summed E-state index contributed by atoms with van der Waals surface area (Å²) in [7, 11) is 3.75. The van der Waals surface area contributed by atoms with Crippen molar-refractivity contribution in [2.24, 2.45) is 0 Å². The Kier molecular flexibility index (Phi) is 43.0. The van der Waals surface area contributed by atoms with E-state index in [9.17, 15) is 0 Å². The van der Waals surface area contributed by atoms with Crippen LogP contribution in [0.3, 0.4) is 0 Å². The van der Waals surface area contributed by atoms with Gasteiger partial charge in [0, 0.05) is 0 Å². The first-order chi connectivity index (χ1) is 4.76. The van der Waals surface area contributed by atoms with Gasteiger partial charge in [0.15, 0.2) is 0 Å². The quantitative estimate of drug-likeness (QED) is 0.781. The van der Waals surface area contributed by atoms with Crippen LogP contribution in [0, 0.1) is 0 Å². The molecule has 0 spiro atoms. The first kappa shape index (κ1) is 22.9. The van der Waals surface area contributed by atoms with E-state index in [-0.39, 0.29) is 24.8 Å². The van der Waals surface area contributed by atoms with Crippen LogP contribution < -0.4 is 5.32 Å². The predicted octanol–water partition coefficient (Wildman–Crippen LogP) is 2.03. The third-order valence-corrected chi connectivity index (χ3v) is 1.34. The van der Waals surface area contributed by atoms with Gasteiger partial charge in [-0.25, -0.2) is 0 Å². The molecule has 0 unspecified atom stereocenters. The van der Waals surface area contributed by atoms with Crippen molar-refractivity contribution in [3.05, 3.63) is 0 Å². The molecule has 1 N–H and O–H groups in total. The molecule has 12 heavy (non-hydrogen) atoms. The summed E-state index contributed by atoms with van der Waals surface area (Å²) in [5.74, 6) is 0. The highest BCUT2D eigenvalue weighted by atomic mass is 35.5. The Bertz CT molecular complexity index is 44.8. The number of nitrogens with one attached hydrogen (secondary N) is 1. The Morgan fingerprint density at radius 3 is 1.00 bits per heavy atom. The fourth-order valence-electron chi connectivity index (χ4n) is 0.671. The maximum atomic E-state index is 2.75. The molecule has 2 nitrogen and oxygen atoms in total. The van der Waals surface area contributed by atoms with Gasteiger partial charge in [-0.3, -0.25) is 0 Å². The van der Waals surface area contributed by atoms with Crippen LogP contribution in [0.25, 0.3) is 0 Å². The molecule has 0 aromatic rings. The molecule has 0 heterocycles. The second-order valence-electron chi connectivity index (χ2n) is 2.12. The van der Waals surface area contributed by atoms with Crippen LogP contribution in [-0.4, -0.2) is 38.6 Å². The summed E-state index contributed by atoms with van der Waals surface area (Å²) in [6.07, 6.45) is 0. The minimum absolute atomic E-state index is 0. The number of hydrogen-bond acceptors (Lipinski definition) is 2. The van der Waals surface area contributed by atoms with Crippen molar-refractivity contribution in [2.75, 3.05) is 33.7 Å². The zero-order valence-electron chi connectivity index (χ0n) is 8.89. The summed E-state index contributed by atoms with van der Waals surface area (Å²) in [5.41, 5.74) is 0. The maximum Gasteiger partial charge on any atom is -0.00474 e. The smallest absolute Gasteiger partial charge is 0.00474 e. The summed E-state index contributed by atoms with van der Waals surface area (Å²) in [6, 6.07) is 0. The summed E-state index contributed by atoms with van der Waals surface area (Å²) in [5, 5.41) is 2.75. The lowest BCUT2D eigenvalue weighted by molar-refractivity contribution is 0.321. The molecule has 4 heteroatoms. The van der Waals surface area contributed by atoms with Crippen LogP contribution in [0.4, 0.5) is 0 Å². The van der Waals surface area contributed by atoms with E-state index in [1.54, 1.807) is 0 Å². The Morgan fingerprint density at radius 2 is 1.00 bits per heavy atom. The average molecular weight is 219 g/mol. The second kappa shape index (κ2) is 22.5. The highest BCUT2D eigenvalue weighted by Crippen LogP contribution is 1.81. The molecule has 0 aliphatic rings. The fourth-order valence-corrected chi connectivity index (χ4v) is 0.671. The minimum atomic E-state index is 0.